The van der Waals surface area contributed by atoms with E-state index in [1.54, 1.807) is 6.07 Å². The van der Waals surface area contributed by atoms with Crippen LogP contribution < -0.4 is 10.0 Å². The molecule has 0 aliphatic heterocycles. The van der Waals surface area contributed by atoms with Crippen LogP contribution in [0.5, 0.6) is 0 Å². The van der Waals surface area contributed by atoms with E-state index in [9.17, 15) is 8.42 Å². The van der Waals surface area contributed by atoms with Crippen LogP contribution in [-0.2, 0) is 16.6 Å². The second-order valence-corrected chi connectivity index (χ2v) is 9.33. The number of hydrogen-bond acceptors (Lipinski definition) is 4. The molecule has 1 saturated carbocycles. The number of sulfonamides is 1. The van der Waals surface area contributed by atoms with Crippen molar-refractivity contribution in [1.29, 1.82) is 0 Å². The first-order valence-electron chi connectivity index (χ1n) is 6.98. The van der Waals surface area contributed by atoms with E-state index in [4.69, 9.17) is 0 Å². The van der Waals surface area contributed by atoms with Gasteiger partial charge in [0.25, 0.3) is 0 Å². The maximum atomic E-state index is 12.5. The first kappa shape index (κ1) is 16.4. The summed E-state index contributed by atoms with van der Waals surface area (Å²) in [6.07, 6.45) is 6.56. The highest BCUT2D eigenvalue weighted by Crippen LogP contribution is 2.32. The van der Waals surface area contributed by atoms with E-state index in [2.05, 4.69) is 26.0 Å². The number of hydrogen-bond donors (Lipinski definition) is 2. The molecule has 1 aromatic rings. The Morgan fingerprint density at radius 1 is 1.30 bits per heavy atom. The Bertz CT molecular complexity index is 535. The maximum Gasteiger partial charge on any atom is 0.242 e. The molecule has 2 rings (SSSR count). The van der Waals surface area contributed by atoms with E-state index >= 15 is 0 Å². The molecule has 2 N–H and O–H groups in total. The van der Waals surface area contributed by atoms with Gasteiger partial charge in [0, 0.05) is 17.5 Å². The molecule has 4 nitrogen and oxygen atoms in total. The summed E-state index contributed by atoms with van der Waals surface area (Å²) >= 11 is 4.84. The van der Waals surface area contributed by atoms with Crippen molar-refractivity contribution >= 4 is 37.3 Å². The Balaban J connectivity index is 2.12. The fraction of sp³-hybridized carbons (Fsp3) is 0.692. The lowest BCUT2D eigenvalue weighted by atomic mass is 10.1. The van der Waals surface area contributed by atoms with E-state index in [1.165, 1.54) is 24.2 Å². The normalized spacial score (nSPS) is 18.1. The summed E-state index contributed by atoms with van der Waals surface area (Å²) in [6.45, 7) is 0.683. The van der Waals surface area contributed by atoms with Gasteiger partial charge in [-0.15, -0.1) is 11.3 Å². The van der Waals surface area contributed by atoms with Crippen LogP contribution in [0.25, 0.3) is 0 Å². The standard InChI is InChI=1S/C13H21BrN2O2S2/c1-15-9-11-8-12(13(14)19-11)20(17,18)16-10-6-4-2-3-5-7-10/h8,10,15-16H,2-7,9H2,1H3. The highest BCUT2D eigenvalue weighted by Gasteiger charge is 2.24. The number of halogens is 1. The highest BCUT2D eigenvalue weighted by atomic mass is 79.9. The van der Waals surface area contributed by atoms with Gasteiger partial charge in [-0.3, -0.25) is 0 Å². The van der Waals surface area contributed by atoms with E-state index in [0.717, 1.165) is 30.6 Å². The van der Waals surface area contributed by atoms with Crippen LogP contribution >= 0.6 is 27.3 Å². The molecule has 7 heteroatoms. The Labute approximate surface area is 133 Å². The van der Waals surface area contributed by atoms with Crippen molar-refractivity contribution < 1.29 is 8.42 Å². The lowest BCUT2D eigenvalue weighted by Crippen LogP contribution is -2.34. The zero-order valence-electron chi connectivity index (χ0n) is 11.6. The minimum atomic E-state index is -3.42. The summed E-state index contributed by atoms with van der Waals surface area (Å²) < 4.78 is 28.6. The average molecular weight is 381 g/mol. The van der Waals surface area contributed by atoms with Gasteiger partial charge in [0.15, 0.2) is 0 Å². The fourth-order valence-corrected chi connectivity index (χ4v) is 6.52. The van der Waals surface area contributed by atoms with E-state index in [1.807, 2.05) is 7.05 Å². The van der Waals surface area contributed by atoms with Crippen LogP contribution in [-0.4, -0.2) is 21.5 Å². The maximum absolute atomic E-state index is 12.5. The van der Waals surface area contributed by atoms with Gasteiger partial charge < -0.3 is 5.32 Å². The topological polar surface area (TPSA) is 58.2 Å². The molecule has 0 bridgehead atoms. The molecule has 0 aromatic carbocycles. The second-order valence-electron chi connectivity index (χ2n) is 5.19. The molecule has 1 aromatic heterocycles. The zero-order chi connectivity index (χ0) is 14.6. The number of nitrogens with one attached hydrogen (secondary N) is 2. The van der Waals surface area contributed by atoms with E-state index < -0.39 is 10.0 Å². The quantitative estimate of drug-likeness (QED) is 0.770. The highest BCUT2D eigenvalue weighted by molar-refractivity contribution is 9.11. The van der Waals surface area contributed by atoms with Crippen LogP contribution in [0.4, 0.5) is 0 Å². The van der Waals surface area contributed by atoms with Crippen molar-refractivity contribution in [2.75, 3.05) is 7.05 Å². The predicted octanol–water partition coefficient (Wildman–Crippen LogP) is 3.23. The summed E-state index contributed by atoms with van der Waals surface area (Å²) in [5.41, 5.74) is 0. The smallest absolute Gasteiger partial charge is 0.242 e. The Morgan fingerprint density at radius 2 is 1.95 bits per heavy atom. The first-order valence-corrected chi connectivity index (χ1v) is 10.1. The van der Waals surface area contributed by atoms with Gasteiger partial charge >= 0.3 is 0 Å². The lowest BCUT2D eigenvalue weighted by Gasteiger charge is -2.15. The molecular weight excluding hydrogens is 360 g/mol. The van der Waals surface area contributed by atoms with Gasteiger partial charge in [0.2, 0.25) is 10.0 Å². The monoisotopic (exact) mass is 380 g/mol. The van der Waals surface area contributed by atoms with Gasteiger partial charge in [-0.25, -0.2) is 13.1 Å². The van der Waals surface area contributed by atoms with E-state index in [0.29, 0.717) is 15.2 Å². The molecule has 0 radical (unpaired) electrons. The summed E-state index contributed by atoms with van der Waals surface area (Å²) in [6, 6.07) is 1.84. The third kappa shape index (κ3) is 4.27. The van der Waals surface area contributed by atoms with Crippen molar-refractivity contribution in [1.82, 2.24) is 10.0 Å². The van der Waals surface area contributed by atoms with Crippen LogP contribution in [0.1, 0.15) is 43.4 Å². The van der Waals surface area contributed by atoms with E-state index in [-0.39, 0.29) is 6.04 Å². The predicted molar refractivity (Wildman–Crippen MR) is 86.6 cm³/mol. The van der Waals surface area contributed by atoms with Crippen LogP contribution in [0.3, 0.4) is 0 Å². The minimum absolute atomic E-state index is 0.0852. The summed E-state index contributed by atoms with van der Waals surface area (Å²) in [5, 5.41) is 3.04. The molecule has 0 saturated heterocycles. The molecule has 20 heavy (non-hydrogen) atoms. The molecule has 0 atom stereocenters. The molecule has 0 spiro atoms. The molecule has 1 fully saturated rings. The number of thiophene rings is 1. The van der Waals surface area contributed by atoms with Gasteiger partial charge in [0.05, 0.1) is 3.79 Å². The SMILES string of the molecule is CNCc1cc(S(=O)(=O)NC2CCCCCC2)c(Br)s1. The van der Waals surface area contributed by atoms with Crippen molar-refractivity contribution in [2.24, 2.45) is 0 Å². The molecule has 0 amide bonds. The van der Waals surface area contributed by atoms with Gasteiger partial charge in [-0.05, 0) is 41.9 Å². The fourth-order valence-electron chi connectivity index (χ4n) is 2.52. The molecule has 1 heterocycles. The summed E-state index contributed by atoms with van der Waals surface area (Å²) in [4.78, 5) is 1.39. The van der Waals surface area contributed by atoms with Gasteiger partial charge in [-0.2, -0.15) is 0 Å². The average Bonchev–Trinajstić information content (AvgIpc) is 2.60. The van der Waals surface area contributed by atoms with Crippen molar-refractivity contribution in [2.45, 2.75) is 56.0 Å². The zero-order valence-corrected chi connectivity index (χ0v) is 14.8. The Kier molecular flexibility index (Phi) is 6.04. The third-order valence-corrected chi connectivity index (χ3v) is 7.30. The summed E-state index contributed by atoms with van der Waals surface area (Å²) in [5.74, 6) is 0. The van der Waals surface area contributed by atoms with Crippen molar-refractivity contribution in [3.8, 4) is 0 Å². The minimum Gasteiger partial charge on any atom is -0.315 e. The Morgan fingerprint density at radius 3 is 2.55 bits per heavy atom. The Hall–Kier alpha value is 0.0500. The van der Waals surface area contributed by atoms with Gasteiger partial charge in [-0.1, -0.05) is 25.7 Å². The van der Waals surface area contributed by atoms with Crippen LogP contribution in [0.2, 0.25) is 0 Å². The summed E-state index contributed by atoms with van der Waals surface area (Å²) in [7, 11) is -1.57. The molecular formula is C13H21BrN2O2S2. The second kappa shape index (κ2) is 7.35. The molecule has 1 aliphatic carbocycles. The molecule has 0 unspecified atom stereocenters. The first-order chi connectivity index (χ1) is 9.53. The molecule has 114 valence electrons. The number of rotatable bonds is 5. The lowest BCUT2D eigenvalue weighted by molar-refractivity contribution is 0.510. The third-order valence-electron chi connectivity index (χ3n) is 3.52. The van der Waals surface area contributed by atoms with Crippen molar-refractivity contribution in [3.63, 3.8) is 0 Å². The largest absolute Gasteiger partial charge is 0.315 e. The van der Waals surface area contributed by atoms with Crippen LogP contribution in [0.15, 0.2) is 14.7 Å². The van der Waals surface area contributed by atoms with Crippen LogP contribution in [0, 0.1) is 0 Å². The van der Waals surface area contributed by atoms with Gasteiger partial charge in [0.1, 0.15) is 4.90 Å². The molecule has 1 aliphatic rings. The van der Waals surface area contributed by atoms with Crippen molar-refractivity contribution in [3.05, 3.63) is 14.7 Å².